The highest BCUT2D eigenvalue weighted by Crippen LogP contribution is 2.23. The molecule has 0 atom stereocenters. The van der Waals surface area contributed by atoms with Crippen molar-refractivity contribution in [3.05, 3.63) is 75.8 Å². The van der Waals surface area contributed by atoms with Crippen LogP contribution < -0.4 is 5.56 Å². The predicted octanol–water partition coefficient (Wildman–Crippen LogP) is 2.97. The molecule has 3 nitrogen and oxygen atoms in total. The van der Waals surface area contributed by atoms with E-state index in [2.05, 4.69) is 27.8 Å². The van der Waals surface area contributed by atoms with E-state index in [0.29, 0.717) is 5.39 Å². The van der Waals surface area contributed by atoms with E-state index in [-0.39, 0.29) is 29.5 Å². The molecule has 0 aliphatic carbocycles. The Balaban J connectivity index is 0.00000121. The highest BCUT2D eigenvalue weighted by atomic mass is 127. The second kappa shape index (κ2) is 5.01. The van der Waals surface area contributed by atoms with E-state index in [0.717, 1.165) is 24.3 Å². The fourth-order valence-electron chi connectivity index (χ4n) is 2.80. The number of hydrogen-bond acceptors (Lipinski definition) is 2. The van der Waals surface area contributed by atoms with E-state index in [1.807, 2.05) is 30.3 Å². The Kier molecular flexibility index (Phi) is 3.33. The van der Waals surface area contributed by atoms with Gasteiger partial charge in [-0.15, -0.1) is 24.0 Å². The highest BCUT2D eigenvalue weighted by Gasteiger charge is 2.17. The van der Waals surface area contributed by atoms with Crippen molar-refractivity contribution in [2.75, 3.05) is 0 Å². The van der Waals surface area contributed by atoms with Crippen molar-refractivity contribution in [1.82, 2.24) is 9.55 Å². The topological polar surface area (TPSA) is 34.9 Å². The van der Waals surface area contributed by atoms with Crippen LogP contribution in [0.3, 0.4) is 0 Å². The monoisotopic (exact) mass is 376 g/mol. The van der Waals surface area contributed by atoms with Crippen molar-refractivity contribution >= 4 is 34.9 Å². The standard InChI is InChI=1S/C16H12N2O.HI/c19-16-13-7-3-4-8-14(13)18-10-12-6-2-1-5-11(12)9-15(18)17-16;/h1-8H,9-10H2;1H. The Hall–Kier alpha value is -1.69. The quantitative estimate of drug-likeness (QED) is 0.443. The van der Waals surface area contributed by atoms with E-state index in [9.17, 15) is 4.79 Å². The minimum Gasteiger partial charge on any atom is -0.324 e. The molecule has 0 fully saturated rings. The molecule has 3 aromatic rings. The minimum atomic E-state index is -0.124. The average molecular weight is 376 g/mol. The molecule has 4 rings (SSSR count). The second-order valence-electron chi connectivity index (χ2n) is 4.88. The van der Waals surface area contributed by atoms with Crippen LogP contribution in [0.15, 0.2) is 53.3 Å². The summed E-state index contributed by atoms with van der Waals surface area (Å²) in [5, 5.41) is 0.700. The molecule has 0 amide bonds. The van der Waals surface area contributed by atoms with E-state index >= 15 is 0 Å². The molecule has 0 spiro atoms. The fourth-order valence-corrected chi connectivity index (χ4v) is 2.80. The first kappa shape index (κ1) is 13.3. The summed E-state index contributed by atoms with van der Waals surface area (Å²) in [6, 6.07) is 16.0. The maximum Gasteiger partial charge on any atom is 0.280 e. The van der Waals surface area contributed by atoms with E-state index < -0.39 is 0 Å². The maximum absolute atomic E-state index is 12.0. The number of fused-ring (bicyclic) bond motifs is 4. The van der Waals surface area contributed by atoms with Crippen molar-refractivity contribution in [2.45, 2.75) is 13.0 Å². The number of hydrogen-bond donors (Lipinski definition) is 0. The van der Waals surface area contributed by atoms with Gasteiger partial charge in [0.25, 0.3) is 5.56 Å². The van der Waals surface area contributed by atoms with Gasteiger partial charge in [-0.2, -0.15) is 4.98 Å². The summed E-state index contributed by atoms with van der Waals surface area (Å²) in [4.78, 5) is 16.3. The van der Waals surface area contributed by atoms with Crippen molar-refractivity contribution < 1.29 is 0 Å². The average Bonchev–Trinajstić information content (AvgIpc) is 2.46. The third kappa shape index (κ3) is 1.95. The Morgan fingerprint density at radius 1 is 0.950 bits per heavy atom. The number of para-hydroxylation sites is 1. The van der Waals surface area contributed by atoms with E-state index in [1.165, 1.54) is 11.1 Å². The van der Waals surface area contributed by atoms with Crippen molar-refractivity contribution in [1.29, 1.82) is 0 Å². The summed E-state index contributed by atoms with van der Waals surface area (Å²) in [5.74, 6) is 0.863. The molecule has 0 saturated heterocycles. The lowest BCUT2D eigenvalue weighted by Crippen LogP contribution is -2.23. The van der Waals surface area contributed by atoms with Gasteiger partial charge in [-0.25, -0.2) is 0 Å². The zero-order valence-electron chi connectivity index (χ0n) is 10.7. The van der Waals surface area contributed by atoms with E-state index in [1.54, 1.807) is 0 Å². The van der Waals surface area contributed by atoms with Gasteiger partial charge in [-0.3, -0.25) is 4.79 Å². The lowest BCUT2D eigenvalue weighted by molar-refractivity contribution is 0.694. The third-order valence-corrected chi connectivity index (χ3v) is 3.76. The molecular formula is C16H13IN2O. The summed E-state index contributed by atoms with van der Waals surface area (Å²) in [5.41, 5.74) is 3.43. The maximum atomic E-state index is 12.0. The van der Waals surface area contributed by atoms with Crippen LogP contribution in [0.4, 0.5) is 0 Å². The number of aromatic nitrogens is 2. The third-order valence-electron chi connectivity index (χ3n) is 3.76. The van der Waals surface area contributed by atoms with Gasteiger partial charge in [0, 0.05) is 13.0 Å². The zero-order chi connectivity index (χ0) is 12.8. The van der Waals surface area contributed by atoms with Gasteiger partial charge >= 0.3 is 0 Å². The van der Waals surface area contributed by atoms with Crippen LogP contribution in [0.5, 0.6) is 0 Å². The van der Waals surface area contributed by atoms with Gasteiger partial charge in [0.05, 0.1) is 10.9 Å². The summed E-state index contributed by atoms with van der Waals surface area (Å²) in [6.07, 6.45) is 0.732. The van der Waals surface area contributed by atoms with Gasteiger partial charge in [0.1, 0.15) is 5.82 Å². The molecule has 1 aromatic heterocycles. The first-order valence-electron chi connectivity index (χ1n) is 6.38. The summed E-state index contributed by atoms with van der Waals surface area (Å²) >= 11 is 0. The molecule has 0 bridgehead atoms. The van der Waals surface area contributed by atoms with Crippen molar-refractivity contribution in [2.24, 2.45) is 0 Å². The first-order valence-corrected chi connectivity index (χ1v) is 6.38. The second-order valence-corrected chi connectivity index (χ2v) is 4.88. The van der Waals surface area contributed by atoms with Gasteiger partial charge in [0.2, 0.25) is 0 Å². The summed E-state index contributed by atoms with van der Waals surface area (Å²) < 4.78 is 2.15. The van der Waals surface area contributed by atoms with Gasteiger partial charge in [-0.05, 0) is 23.3 Å². The predicted molar refractivity (Wildman–Crippen MR) is 89.8 cm³/mol. The lowest BCUT2D eigenvalue weighted by atomic mass is 10.00. The van der Waals surface area contributed by atoms with Gasteiger partial charge in [0.15, 0.2) is 0 Å². The first-order chi connectivity index (χ1) is 9.33. The molecule has 0 unspecified atom stereocenters. The van der Waals surface area contributed by atoms with Crippen LogP contribution in [0.25, 0.3) is 10.9 Å². The van der Waals surface area contributed by atoms with Gasteiger partial charge in [-0.1, -0.05) is 36.4 Å². The van der Waals surface area contributed by atoms with Crippen LogP contribution in [0.2, 0.25) is 0 Å². The van der Waals surface area contributed by atoms with Crippen LogP contribution in [-0.2, 0) is 13.0 Å². The zero-order valence-corrected chi connectivity index (χ0v) is 13.1. The largest absolute Gasteiger partial charge is 0.324 e. The summed E-state index contributed by atoms with van der Waals surface area (Å²) in [6.45, 7) is 0.791. The number of halogens is 1. The Labute approximate surface area is 133 Å². The number of rotatable bonds is 0. The van der Waals surface area contributed by atoms with Crippen LogP contribution in [0.1, 0.15) is 17.0 Å². The highest BCUT2D eigenvalue weighted by molar-refractivity contribution is 14.0. The Bertz CT molecular complexity index is 854. The SMILES string of the molecule is I.O=c1nc2n(c3ccccc13)Cc1ccccc1C2. The number of nitrogens with zero attached hydrogens (tertiary/aromatic N) is 2. The van der Waals surface area contributed by atoms with Crippen LogP contribution in [-0.4, -0.2) is 9.55 Å². The molecule has 0 N–H and O–H groups in total. The van der Waals surface area contributed by atoms with Crippen LogP contribution in [0, 0.1) is 0 Å². The summed E-state index contributed by atoms with van der Waals surface area (Å²) in [7, 11) is 0. The fraction of sp³-hybridized carbons (Fsp3) is 0.125. The van der Waals surface area contributed by atoms with E-state index in [4.69, 9.17) is 0 Å². The molecule has 2 heterocycles. The van der Waals surface area contributed by atoms with Crippen molar-refractivity contribution in [3.8, 4) is 0 Å². The molecule has 1 aliphatic rings. The van der Waals surface area contributed by atoms with Crippen molar-refractivity contribution in [3.63, 3.8) is 0 Å². The Morgan fingerprint density at radius 2 is 1.65 bits per heavy atom. The molecule has 1 aliphatic heterocycles. The molecule has 2 aromatic carbocycles. The smallest absolute Gasteiger partial charge is 0.280 e. The molecule has 0 saturated carbocycles. The molecule has 20 heavy (non-hydrogen) atoms. The lowest BCUT2D eigenvalue weighted by Gasteiger charge is -2.22. The van der Waals surface area contributed by atoms with Gasteiger partial charge < -0.3 is 4.57 Å². The molecule has 100 valence electrons. The minimum absolute atomic E-state index is 0. The van der Waals surface area contributed by atoms with Crippen LogP contribution >= 0.6 is 24.0 Å². The molecule has 4 heteroatoms. The molecule has 0 radical (unpaired) electrons. The number of benzene rings is 2. The molecular weight excluding hydrogens is 363 g/mol. The normalized spacial score (nSPS) is 12.4. The Morgan fingerprint density at radius 3 is 2.50 bits per heavy atom.